The van der Waals surface area contributed by atoms with E-state index in [1.54, 1.807) is 10.9 Å². The molecule has 1 aromatic carbocycles. The second-order valence-electron chi connectivity index (χ2n) is 7.64. The predicted octanol–water partition coefficient (Wildman–Crippen LogP) is 2.97. The fourth-order valence-electron chi connectivity index (χ4n) is 3.74. The van der Waals surface area contributed by atoms with E-state index in [-0.39, 0.29) is 5.95 Å². The smallest absolute Gasteiger partial charge is 0.222 e. The van der Waals surface area contributed by atoms with Gasteiger partial charge in [0.15, 0.2) is 5.82 Å². The summed E-state index contributed by atoms with van der Waals surface area (Å²) < 4.78 is 28.7. The lowest BCUT2D eigenvalue weighted by atomic mass is 10.2. The topological polar surface area (TPSA) is 76.1 Å². The number of benzene rings is 1. The quantitative estimate of drug-likeness (QED) is 0.677. The summed E-state index contributed by atoms with van der Waals surface area (Å²) in [4.78, 5) is 12.7. The minimum atomic E-state index is -0.545. The Labute approximate surface area is 179 Å². The second-order valence-corrected chi connectivity index (χ2v) is 7.64. The van der Waals surface area contributed by atoms with Crippen molar-refractivity contribution in [2.24, 2.45) is 0 Å². The van der Waals surface area contributed by atoms with Crippen LogP contribution in [0.25, 0.3) is 11.9 Å². The van der Waals surface area contributed by atoms with Crippen LogP contribution < -0.4 is 10.6 Å². The first kappa shape index (κ1) is 20.9. The molecule has 1 saturated heterocycles. The number of hydrogen-bond acceptors (Lipinski definition) is 6. The Hall–Kier alpha value is -3.33. The molecule has 0 bridgehead atoms. The van der Waals surface area contributed by atoms with E-state index in [1.165, 1.54) is 12.1 Å². The van der Waals surface area contributed by atoms with Crippen LogP contribution in [0.15, 0.2) is 36.5 Å². The fraction of sp³-hybridized carbons (Fsp3) is 0.318. The highest BCUT2D eigenvalue weighted by molar-refractivity contribution is 5.52. The van der Waals surface area contributed by atoms with Gasteiger partial charge in [-0.05, 0) is 26.0 Å². The molecule has 0 atom stereocenters. The lowest BCUT2D eigenvalue weighted by Gasteiger charge is -2.35. The number of halogens is 2. The number of anilines is 2. The monoisotopic (exact) mass is 425 g/mol. The molecule has 31 heavy (non-hydrogen) atoms. The van der Waals surface area contributed by atoms with Crippen LogP contribution in [0.3, 0.4) is 0 Å². The molecule has 0 saturated carbocycles. The van der Waals surface area contributed by atoms with Crippen molar-refractivity contribution in [2.75, 3.05) is 43.4 Å². The summed E-state index contributed by atoms with van der Waals surface area (Å²) in [6, 6.07) is 5.50. The molecule has 2 aromatic heterocycles. The Balaban J connectivity index is 1.35. The number of nitrogens with two attached hydrogens (primary N) is 1. The molecule has 1 aliphatic heterocycles. The molecule has 162 valence electrons. The molecule has 7 nitrogen and oxygen atoms in total. The van der Waals surface area contributed by atoms with Crippen molar-refractivity contribution in [1.29, 1.82) is 0 Å². The molecule has 2 N–H and O–H groups in total. The van der Waals surface area contributed by atoms with E-state index in [0.29, 0.717) is 11.5 Å². The zero-order chi connectivity index (χ0) is 22.0. The van der Waals surface area contributed by atoms with Crippen LogP contribution in [-0.4, -0.2) is 57.4 Å². The zero-order valence-corrected chi connectivity index (χ0v) is 17.6. The van der Waals surface area contributed by atoms with Crippen LogP contribution in [-0.2, 0) is 0 Å². The van der Waals surface area contributed by atoms with Gasteiger partial charge in [-0.25, -0.2) is 18.4 Å². The van der Waals surface area contributed by atoms with Crippen molar-refractivity contribution in [3.8, 4) is 5.82 Å². The van der Waals surface area contributed by atoms with Crippen LogP contribution in [0.1, 0.15) is 17.0 Å². The van der Waals surface area contributed by atoms with Gasteiger partial charge in [-0.2, -0.15) is 10.1 Å². The molecule has 0 unspecified atom stereocenters. The Morgan fingerprint density at radius 3 is 2.39 bits per heavy atom. The van der Waals surface area contributed by atoms with E-state index in [1.807, 2.05) is 30.9 Å². The van der Waals surface area contributed by atoms with E-state index in [9.17, 15) is 8.78 Å². The Kier molecular flexibility index (Phi) is 5.94. The average molecular weight is 425 g/mol. The first-order chi connectivity index (χ1) is 14.9. The Morgan fingerprint density at radius 1 is 1.00 bits per heavy atom. The van der Waals surface area contributed by atoms with Gasteiger partial charge in [-0.3, -0.25) is 4.90 Å². The van der Waals surface area contributed by atoms with E-state index in [2.05, 4.69) is 26.0 Å². The largest absolute Gasteiger partial charge is 0.369 e. The van der Waals surface area contributed by atoms with Crippen LogP contribution in [0, 0.1) is 25.5 Å². The lowest BCUT2D eigenvalue weighted by molar-refractivity contribution is 0.284. The molecular formula is C22H25F2N7. The summed E-state index contributed by atoms with van der Waals surface area (Å²) >= 11 is 0. The van der Waals surface area contributed by atoms with Crippen molar-refractivity contribution in [1.82, 2.24) is 24.6 Å². The van der Waals surface area contributed by atoms with E-state index in [4.69, 9.17) is 5.73 Å². The molecule has 0 spiro atoms. The molecule has 1 aliphatic rings. The third-order valence-electron chi connectivity index (χ3n) is 5.37. The van der Waals surface area contributed by atoms with E-state index in [0.717, 1.165) is 55.7 Å². The average Bonchev–Trinajstić information content (AvgIpc) is 3.07. The van der Waals surface area contributed by atoms with Crippen molar-refractivity contribution in [2.45, 2.75) is 13.8 Å². The summed E-state index contributed by atoms with van der Waals surface area (Å²) in [6.07, 6.45) is 5.95. The highest BCUT2D eigenvalue weighted by Crippen LogP contribution is 2.20. The number of nitrogen functional groups attached to an aromatic ring is 1. The molecular weight excluding hydrogens is 400 g/mol. The highest BCUT2D eigenvalue weighted by Gasteiger charge is 2.17. The molecule has 3 heterocycles. The van der Waals surface area contributed by atoms with Gasteiger partial charge in [-0.1, -0.05) is 12.2 Å². The number of nitrogens with zero attached hydrogens (tertiary/aromatic N) is 6. The lowest BCUT2D eigenvalue weighted by Crippen LogP contribution is -2.46. The minimum Gasteiger partial charge on any atom is -0.369 e. The van der Waals surface area contributed by atoms with Gasteiger partial charge in [0.1, 0.15) is 11.6 Å². The Bertz CT molecular complexity index is 1060. The number of rotatable bonds is 5. The first-order valence-corrected chi connectivity index (χ1v) is 10.1. The van der Waals surface area contributed by atoms with Crippen molar-refractivity contribution in [3.63, 3.8) is 0 Å². The number of hydrogen-bond donors (Lipinski definition) is 1. The van der Waals surface area contributed by atoms with Gasteiger partial charge in [0, 0.05) is 61.8 Å². The standard InChI is InChI=1S/C22H25F2N7/c1-15-10-21(28-22(25)27-15)31-16(2)17(14-26-31)4-3-5-29-6-8-30(9-7-29)20-12-18(23)11-19(24)13-20/h3-4,10-14H,5-9H2,1-2H3,(H2,25,27,28). The molecule has 0 radical (unpaired) electrons. The Morgan fingerprint density at radius 2 is 1.71 bits per heavy atom. The predicted molar refractivity (Wildman–Crippen MR) is 117 cm³/mol. The van der Waals surface area contributed by atoms with Gasteiger partial charge < -0.3 is 10.6 Å². The zero-order valence-electron chi connectivity index (χ0n) is 17.6. The van der Waals surface area contributed by atoms with Crippen LogP contribution in [0.5, 0.6) is 0 Å². The molecule has 3 aromatic rings. The first-order valence-electron chi connectivity index (χ1n) is 10.1. The van der Waals surface area contributed by atoms with Crippen molar-refractivity contribution in [3.05, 3.63) is 65.1 Å². The third-order valence-corrected chi connectivity index (χ3v) is 5.37. The third kappa shape index (κ3) is 4.88. The maximum Gasteiger partial charge on any atom is 0.222 e. The summed E-state index contributed by atoms with van der Waals surface area (Å²) in [5.41, 5.74) is 9.10. The molecule has 0 amide bonds. The van der Waals surface area contributed by atoms with Gasteiger partial charge >= 0.3 is 0 Å². The van der Waals surface area contributed by atoms with Crippen LogP contribution in [0.4, 0.5) is 20.4 Å². The maximum absolute atomic E-state index is 13.5. The minimum absolute atomic E-state index is 0.224. The number of aryl methyl sites for hydroxylation is 1. The van der Waals surface area contributed by atoms with Crippen LogP contribution >= 0.6 is 0 Å². The van der Waals surface area contributed by atoms with E-state index >= 15 is 0 Å². The molecule has 9 heteroatoms. The SMILES string of the molecule is Cc1cc(-n2ncc(C=CCN3CCN(c4cc(F)cc(F)c4)CC3)c2C)nc(N)n1. The van der Waals surface area contributed by atoms with Gasteiger partial charge in [0.25, 0.3) is 0 Å². The molecule has 1 fully saturated rings. The van der Waals surface area contributed by atoms with Crippen molar-refractivity contribution >= 4 is 17.7 Å². The molecule has 4 rings (SSSR count). The maximum atomic E-state index is 13.5. The summed E-state index contributed by atoms with van der Waals surface area (Å²) in [6.45, 7) is 7.73. The summed E-state index contributed by atoms with van der Waals surface area (Å²) in [7, 11) is 0. The fourth-order valence-corrected chi connectivity index (χ4v) is 3.74. The van der Waals surface area contributed by atoms with Gasteiger partial charge in [-0.15, -0.1) is 0 Å². The normalized spacial score (nSPS) is 15.2. The number of piperazine rings is 1. The second kappa shape index (κ2) is 8.81. The van der Waals surface area contributed by atoms with Crippen molar-refractivity contribution < 1.29 is 8.78 Å². The highest BCUT2D eigenvalue weighted by atomic mass is 19.1. The number of aromatic nitrogens is 4. The van der Waals surface area contributed by atoms with E-state index < -0.39 is 11.6 Å². The summed E-state index contributed by atoms with van der Waals surface area (Å²) in [5.74, 6) is -0.221. The summed E-state index contributed by atoms with van der Waals surface area (Å²) in [5, 5.41) is 4.43. The van der Waals surface area contributed by atoms with Crippen LogP contribution in [0.2, 0.25) is 0 Å². The molecule has 0 aliphatic carbocycles. The van der Waals surface area contributed by atoms with Gasteiger partial charge in [0.05, 0.1) is 11.9 Å². The van der Waals surface area contributed by atoms with Gasteiger partial charge in [0.2, 0.25) is 5.95 Å².